The van der Waals surface area contributed by atoms with Gasteiger partial charge in [0.2, 0.25) is 5.91 Å². The van der Waals surface area contributed by atoms with Crippen molar-refractivity contribution in [2.24, 2.45) is 0 Å². The highest BCUT2D eigenvalue weighted by atomic mass is 19.1. The van der Waals surface area contributed by atoms with Crippen molar-refractivity contribution in [3.63, 3.8) is 0 Å². The zero-order valence-electron chi connectivity index (χ0n) is 17.5. The highest BCUT2D eigenvalue weighted by molar-refractivity contribution is 5.94. The first-order chi connectivity index (χ1) is 16.1. The Kier molecular flexibility index (Phi) is 5.44. The van der Waals surface area contributed by atoms with Crippen LogP contribution in [0.25, 0.3) is 11.4 Å². The third kappa shape index (κ3) is 4.39. The lowest BCUT2D eigenvalue weighted by Crippen LogP contribution is -2.31. The van der Waals surface area contributed by atoms with Crippen LogP contribution in [0.15, 0.2) is 83.7 Å². The van der Waals surface area contributed by atoms with E-state index in [0.29, 0.717) is 23.7 Å². The van der Waals surface area contributed by atoms with Crippen molar-refractivity contribution < 1.29 is 13.9 Å². The molecule has 1 atom stereocenters. The third-order valence-electron chi connectivity index (χ3n) is 5.60. The van der Waals surface area contributed by atoms with E-state index in [0.717, 1.165) is 16.7 Å². The minimum Gasteiger partial charge on any atom is -0.489 e. The van der Waals surface area contributed by atoms with E-state index in [9.17, 15) is 14.0 Å². The van der Waals surface area contributed by atoms with E-state index in [4.69, 9.17) is 4.74 Å². The molecule has 3 aromatic carbocycles. The predicted molar refractivity (Wildman–Crippen MR) is 123 cm³/mol. The Bertz CT molecular complexity index is 1350. The van der Waals surface area contributed by atoms with Crippen molar-refractivity contribution in [3.05, 3.63) is 112 Å². The van der Waals surface area contributed by atoms with Crippen molar-refractivity contribution in [2.45, 2.75) is 18.9 Å². The first kappa shape index (κ1) is 20.6. The summed E-state index contributed by atoms with van der Waals surface area (Å²) in [5, 5.41) is 2.74. The molecule has 0 spiro atoms. The van der Waals surface area contributed by atoms with Crippen LogP contribution in [0.5, 0.6) is 5.75 Å². The molecule has 0 fully saturated rings. The first-order valence-electron chi connectivity index (χ1n) is 10.5. The second-order valence-electron chi connectivity index (χ2n) is 7.83. The number of ether oxygens (including phenoxy) is 1. The van der Waals surface area contributed by atoms with E-state index in [1.165, 1.54) is 12.1 Å². The fourth-order valence-electron chi connectivity index (χ4n) is 3.93. The molecule has 4 aromatic rings. The SMILES string of the molecule is O=C1C[C@H](c2ccc(OCc3ccc(F)cc3)cc2)c2c(nc(-c3ccccc3)[nH]c2=O)N1. The molecule has 6 nitrogen and oxygen atoms in total. The van der Waals surface area contributed by atoms with Crippen molar-refractivity contribution >= 4 is 11.7 Å². The van der Waals surface area contributed by atoms with Crippen molar-refractivity contribution in [2.75, 3.05) is 5.32 Å². The zero-order valence-corrected chi connectivity index (χ0v) is 17.5. The molecule has 0 saturated carbocycles. The number of carbonyl (C=O) groups is 1. The number of rotatable bonds is 5. The van der Waals surface area contributed by atoms with Crippen LogP contribution in [0, 0.1) is 5.82 Å². The van der Waals surface area contributed by atoms with Crippen molar-refractivity contribution in [3.8, 4) is 17.1 Å². The minimum absolute atomic E-state index is 0.151. The molecule has 0 radical (unpaired) electrons. The lowest BCUT2D eigenvalue weighted by molar-refractivity contribution is -0.116. The van der Waals surface area contributed by atoms with Crippen molar-refractivity contribution in [1.29, 1.82) is 0 Å². The molecular weight excluding hydrogens is 421 g/mol. The highest BCUT2D eigenvalue weighted by Gasteiger charge is 2.31. The molecule has 1 amide bonds. The molecular formula is C26H20FN3O3. The van der Waals surface area contributed by atoms with E-state index in [-0.39, 0.29) is 29.5 Å². The summed E-state index contributed by atoms with van der Waals surface area (Å²) in [4.78, 5) is 32.8. The maximum Gasteiger partial charge on any atom is 0.257 e. The maximum absolute atomic E-state index is 13.0. The van der Waals surface area contributed by atoms with Gasteiger partial charge in [0.25, 0.3) is 5.56 Å². The first-order valence-corrected chi connectivity index (χ1v) is 10.5. The van der Waals surface area contributed by atoms with Gasteiger partial charge in [0, 0.05) is 17.9 Å². The summed E-state index contributed by atoms with van der Waals surface area (Å²) in [5.74, 6) is 0.429. The summed E-state index contributed by atoms with van der Waals surface area (Å²) < 4.78 is 18.8. The Morgan fingerprint density at radius 3 is 2.39 bits per heavy atom. The minimum atomic E-state index is -0.416. The van der Waals surface area contributed by atoms with Crippen LogP contribution in [-0.2, 0) is 11.4 Å². The Morgan fingerprint density at radius 1 is 0.939 bits per heavy atom. The number of halogens is 1. The van der Waals surface area contributed by atoms with E-state index < -0.39 is 5.92 Å². The number of H-pyrrole nitrogens is 1. The van der Waals surface area contributed by atoms with E-state index >= 15 is 0 Å². The van der Waals surface area contributed by atoms with Gasteiger partial charge in [-0.05, 0) is 35.4 Å². The van der Waals surface area contributed by atoms with Gasteiger partial charge >= 0.3 is 0 Å². The second-order valence-corrected chi connectivity index (χ2v) is 7.83. The molecule has 1 aliphatic rings. The molecule has 1 aromatic heterocycles. The monoisotopic (exact) mass is 441 g/mol. The third-order valence-corrected chi connectivity index (χ3v) is 5.60. The predicted octanol–water partition coefficient (Wildman–Crippen LogP) is 4.63. The van der Waals surface area contributed by atoms with Crippen LogP contribution in [0.3, 0.4) is 0 Å². The summed E-state index contributed by atoms with van der Waals surface area (Å²) >= 11 is 0. The molecule has 164 valence electrons. The van der Waals surface area contributed by atoms with E-state index in [2.05, 4.69) is 15.3 Å². The molecule has 0 unspecified atom stereocenters. The van der Waals surface area contributed by atoms with Crippen LogP contribution in [0.2, 0.25) is 0 Å². The molecule has 1 aliphatic heterocycles. The summed E-state index contributed by atoms with van der Waals surface area (Å²) in [6.45, 7) is 0.306. The van der Waals surface area contributed by atoms with Crippen molar-refractivity contribution in [1.82, 2.24) is 9.97 Å². The standard InChI is InChI=1S/C26H20FN3O3/c27-19-10-6-16(7-11-19)15-33-20-12-8-17(9-13-20)21-14-22(31)28-25-23(21)26(32)30-24(29-25)18-4-2-1-3-5-18/h1-13,21H,14-15H2,(H2,28,29,30,31,32)/t21-/m1/s1. The lowest BCUT2D eigenvalue weighted by Gasteiger charge is -2.24. The molecule has 0 aliphatic carbocycles. The molecule has 0 bridgehead atoms. The van der Waals surface area contributed by atoms with Gasteiger partial charge in [0.05, 0.1) is 5.56 Å². The molecule has 0 saturated heterocycles. The summed E-state index contributed by atoms with van der Waals surface area (Å²) in [5.41, 5.74) is 2.59. The fourth-order valence-corrected chi connectivity index (χ4v) is 3.93. The number of fused-ring (bicyclic) bond motifs is 1. The van der Waals surface area contributed by atoms with Crippen LogP contribution in [0.4, 0.5) is 10.2 Å². The number of carbonyl (C=O) groups excluding carboxylic acids is 1. The summed E-state index contributed by atoms with van der Waals surface area (Å²) in [7, 11) is 0. The summed E-state index contributed by atoms with van der Waals surface area (Å²) in [6, 6.07) is 22.7. The van der Waals surface area contributed by atoms with Crippen LogP contribution < -0.4 is 15.6 Å². The van der Waals surface area contributed by atoms with Gasteiger partial charge in [-0.3, -0.25) is 9.59 Å². The number of hydrogen-bond acceptors (Lipinski definition) is 4. The van der Waals surface area contributed by atoms with Gasteiger partial charge in [-0.1, -0.05) is 54.6 Å². The fraction of sp³-hybridized carbons (Fsp3) is 0.115. The van der Waals surface area contributed by atoms with Gasteiger partial charge < -0.3 is 15.0 Å². The smallest absolute Gasteiger partial charge is 0.257 e. The molecule has 5 rings (SSSR count). The van der Waals surface area contributed by atoms with Gasteiger partial charge in [-0.2, -0.15) is 0 Å². The zero-order chi connectivity index (χ0) is 22.8. The Hall–Kier alpha value is -4.26. The van der Waals surface area contributed by atoms with E-state index in [1.54, 1.807) is 24.3 Å². The van der Waals surface area contributed by atoms with Crippen LogP contribution in [-0.4, -0.2) is 15.9 Å². The van der Waals surface area contributed by atoms with Crippen LogP contribution in [0.1, 0.15) is 29.0 Å². The number of anilines is 1. The average Bonchev–Trinajstić information content (AvgIpc) is 2.84. The highest BCUT2D eigenvalue weighted by Crippen LogP contribution is 2.35. The number of aromatic amines is 1. The second kappa shape index (κ2) is 8.70. The summed E-state index contributed by atoms with van der Waals surface area (Å²) in [6.07, 6.45) is 0.151. The van der Waals surface area contributed by atoms with E-state index in [1.807, 2.05) is 42.5 Å². The van der Waals surface area contributed by atoms with Gasteiger partial charge in [0.1, 0.15) is 29.8 Å². The molecule has 7 heteroatoms. The lowest BCUT2D eigenvalue weighted by atomic mass is 9.87. The molecule has 2 heterocycles. The normalized spacial score (nSPS) is 14.9. The van der Waals surface area contributed by atoms with Gasteiger partial charge in [-0.15, -0.1) is 0 Å². The number of aromatic nitrogens is 2. The largest absolute Gasteiger partial charge is 0.489 e. The number of amides is 1. The quantitative estimate of drug-likeness (QED) is 0.473. The Labute approximate surface area is 189 Å². The number of nitrogens with one attached hydrogen (secondary N) is 2. The molecule has 2 N–H and O–H groups in total. The number of hydrogen-bond donors (Lipinski definition) is 2. The topological polar surface area (TPSA) is 84.1 Å². The average molecular weight is 441 g/mol. The Balaban J connectivity index is 1.40. The number of nitrogens with zero attached hydrogens (tertiary/aromatic N) is 1. The molecule has 33 heavy (non-hydrogen) atoms. The maximum atomic E-state index is 13.0. The number of benzene rings is 3. The van der Waals surface area contributed by atoms with Crippen LogP contribution >= 0.6 is 0 Å². The van der Waals surface area contributed by atoms with Gasteiger partial charge in [0.15, 0.2) is 0 Å². The van der Waals surface area contributed by atoms with Gasteiger partial charge in [-0.25, -0.2) is 9.37 Å². The Morgan fingerprint density at radius 2 is 1.67 bits per heavy atom.